The van der Waals surface area contributed by atoms with Gasteiger partial charge in [0.15, 0.2) is 11.5 Å². The second-order valence-electron chi connectivity index (χ2n) is 3.96. The summed E-state index contributed by atoms with van der Waals surface area (Å²) < 4.78 is 7.88. The van der Waals surface area contributed by atoms with Crippen molar-refractivity contribution >= 4 is 26.8 Å². The molecule has 2 aromatic heterocycles. The van der Waals surface area contributed by atoms with Gasteiger partial charge in [0.25, 0.3) is 0 Å². The van der Waals surface area contributed by atoms with Crippen LogP contribution in [0.3, 0.4) is 0 Å². The van der Waals surface area contributed by atoms with Crippen molar-refractivity contribution < 1.29 is 4.52 Å². The van der Waals surface area contributed by atoms with Crippen molar-refractivity contribution in [1.29, 1.82) is 5.26 Å². The molecule has 0 saturated heterocycles. The molecule has 3 aromatic rings. The number of hydrogen-bond acceptors (Lipinski definition) is 3. The second kappa shape index (κ2) is 4.00. The third kappa shape index (κ3) is 1.46. The third-order valence-corrected chi connectivity index (χ3v) is 3.62. The van der Waals surface area contributed by atoms with E-state index in [0.717, 1.165) is 16.5 Å². The van der Waals surface area contributed by atoms with E-state index in [4.69, 9.17) is 9.78 Å². The van der Waals surface area contributed by atoms with Gasteiger partial charge < -0.3 is 9.09 Å². The van der Waals surface area contributed by atoms with E-state index in [1.54, 1.807) is 0 Å². The molecule has 2 heterocycles. The highest BCUT2D eigenvalue weighted by Gasteiger charge is 2.18. The molecule has 0 atom stereocenters. The van der Waals surface area contributed by atoms with Gasteiger partial charge in [-0.3, -0.25) is 0 Å². The largest absolute Gasteiger partial charge is 0.354 e. The molecule has 4 nitrogen and oxygen atoms in total. The molecule has 5 heteroatoms. The molecular weight excluding hydrogens is 294 g/mol. The SMILES string of the molecule is Cn1cc(-c2onc(C#N)c2Br)c2ccccc21. The average molecular weight is 302 g/mol. The third-order valence-electron chi connectivity index (χ3n) is 2.88. The Bertz CT molecular complexity index is 779. The Morgan fingerprint density at radius 2 is 2.17 bits per heavy atom. The molecule has 0 amide bonds. The van der Waals surface area contributed by atoms with Gasteiger partial charge in [0.05, 0.1) is 0 Å². The lowest BCUT2D eigenvalue weighted by Crippen LogP contribution is -1.81. The molecule has 0 aliphatic carbocycles. The van der Waals surface area contributed by atoms with Crippen LogP contribution in [0.4, 0.5) is 0 Å². The first kappa shape index (κ1) is 11.1. The van der Waals surface area contributed by atoms with Crippen LogP contribution >= 0.6 is 15.9 Å². The number of aromatic nitrogens is 2. The van der Waals surface area contributed by atoms with Crippen molar-refractivity contribution in [3.63, 3.8) is 0 Å². The van der Waals surface area contributed by atoms with Crippen LogP contribution < -0.4 is 0 Å². The Kier molecular flexibility index (Phi) is 2.46. The zero-order valence-corrected chi connectivity index (χ0v) is 11.1. The van der Waals surface area contributed by atoms with E-state index in [9.17, 15) is 0 Å². The Balaban J connectivity index is 2.32. The van der Waals surface area contributed by atoms with Crippen LogP contribution in [0.25, 0.3) is 22.2 Å². The number of hydrogen-bond donors (Lipinski definition) is 0. The standard InChI is InChI=1S/C13H8BrN3O/c1-17-7-9(8-4-2-3-5-11(8)17)13-12(14)10(6-15)16-18-13/h2-5,7H,1H3. The molecule has 0 spiro atoms. The number of rotatable bonds is 1. The van der Waals surface area contributed by atoms with Crippen LogP contribution in [0.15, 0.2) is 39.5 Å². The molecule has 0 radical (unpaired) electrons. The quantitative estimate of drug-likeness (QED) is 0.691. The predicted octanol–water partition coefficient (Wildman–Crippen LogP) is 3.47. The van der Waals surface area contributed by atoms with E-state index in [1.807, 2.05) is 48.1 Å². The van der Waals surface area contributed by atoms with Crippen LogP contribution in [-0.4, -0.2) is 9.72 Å². The molecular formula is C13H8BrN3O. The van der Waals surface area contributed by atoms with Crippen LogP contribution in [0.2, 0.25) is 0 Å². The fraction of sp³-hybridized carbons (Fsp3) is 0.0769. The lowest BCUT2D eigenvalue weighted by molar-refractivity contribution is 0.430. The minimum atomic E-state index is 0.262. The summed E-state index contributed by atoms with van der Waals surface area (Å²) in [4.78, 5) is 0. The Morgan fingerprint density at radius 3 is 2.89 bits per heavy atom. The normalized spacial score (nSPS) is 10.7. The molecule has 88 valence electrons. The average Bonchev–Trinajstić information content (AvgIpc) is 2.91. The molecule has 0 fully saturated rings. The van der Waals surface area contributed by atoms with Gasteiger partial charge in [-0.1, -0.05) is 23.4 Å². The van der Waals surface area contributed by atoms with Gasteiger partial charge in [-0.2, -0.15) is 5.26 Å². The first-order valence-electron chi connectivity index (χ1n) is 5.32. The highest BCUT2D eigenvalue weighted by atomic mass is 79.9. The zero-order valence-electron chi connectivity index (χ0n) is 9.51. The molecule has 1 aromatic carbocycles. The van der Waals surface area contributed by atoms with E-state index >= 15 is 0 Å². The maximum Gasteiger partial charge on any atom is 0.198 e. The van der Waals surface area contributed by atoms with Crippen molar-refractivity contribution in [3.8, 4) is 17.4 Å². The van der Waals surface area contributed by atoms with Crippen molar-refractivity contribution in [3.05, 3.63) is 40.6 Å². The van der Waals surface area contributed by atoms with Gasteiger partial charge in [0, 0.05) is 29.7 Å². The second-order valence-corrected chi connectivity index (χ2v) is 4.75. The van der Waals surface area contributed by atoms with E-state index in [-0.39, 0.29) is 5.69 Å². The number of para-hydroxylation sites is 1. The van der Waals surface area contributed by atoms with E-state index in [1.165, 1.54) is 0 Å². The number of nitriles is 1. The monoisotopic (exact) mass is 301 g/mol. The zero-order chi connectivity index (χ0) is 12.7. The summed E-state index contributed by atoms with van der Waals surface area (Å²) in [6, 6.07) is 10.00. The lowest BCUT2D eigenvalue weighted by atomic mass is 10.1. The number of fused-ring (bicyclic) bond motifs is 1. The molecule has 3 rings (SSSR count). The maximum absolute atomic E-state index is 8.89. The number of aryl methyl sites for hydroxylation is 1. The van der Waals surface area contributed by atoms with E-state index in [2.05, 4.69) is 21.1 Å². The van der Waals surface area contributed by atoms with E-state index < -0.39 is 0 Å². The molecule has 18 heavy (non-hydrogen) atoms. The highest BCUT2D eigenvalue weighted by molar-refractivity contribution is 9.10. The number of halogens is 1. The number of benzene rings is 1. The Labute approximate surface area is 112 Å². The van der Waals surface area contributed by atoms with Crippen LogP contribution in [0.5, 0.6) is 0 Å². The Morgan fingerprint density at radius 1 is 1.39 bits per heavy atom. The van der Waals surface area contributed by atoms with Gasteiger partial charge in [-0.05, 0) is 22.0 Å². The summed E-state index contributed by atoms with van der Waals surface area (Å²) in [5, 5.41) is 13.7. The minimum Gasteiger partial charge on any atom is -0.354 e. The Hall–Kier alpha value is -2.06. The van der Waals surface area contributed by atoms with E-state index in [0.29, 0.717) is 10.2 Å². The summed E-state index contributed by atoms with van der Waals surface area (Å²) in [6.07, 6.45) is 1.97. The summed E-state index contributed by atoms with van der Waals surface area (Å²) in [6.45, 7) is 0. The maximum atomic E-state index is 8.89. The van der Waals surface area contributed by atoms with Gasteiger partial charge in [-0.15, -0.1) is 0 Å². The van der Waals surface area contributed by atoms with Crippen molar-refractivity contribution in [2.75, 3.05) is 0 Å². The minimum absolute atomic E-state index is 0.262. The van der Waals surface area contributed by atoms with Crippen LogP contribution in [0.1, 0.15) is 5.69 Å². The van der Waals surface area contributed by atoms with Gasteiger partial charge in [-0.25, -0.2) is 0 Å². The summed E-state index contributed by atoms with van der Waals surface area (Å²) in [5.74, 6) is 0.586. The van der Waals surface area contributed by atoms with Gasteiger partial charge >= 0.3 is 0 Å². The van der Waals surface area contributed by atoms with Crippen molar-refractivity contribution in [2.45, 2.75) is 0 Å². The van der Waals surface area contributed by atoms with Crippen molar-refractivity contribution in [2.24, 2.45) is 7.05 Å². The van der Waals surface area contributed by atoms with Gasteiger partial charge in [0.2, 0.25) is 0 Å². The van der Waals surface area contributed by atoms with Crippen molar-refractivity contribution in [1.82, 2.24) is 9.72 Å². The fourth-order valence-electron chi connectivity index (χ4n) is 2.04. The number of nitrogens with zero attached hydrogens (tertiary/aromatic N) is 3. The molecule has 0 bridgehead atoms. The molecule has 0 aliphatic heterocycles. The summed E-state index contributed by atoms with van der Waals surface area (Å²) in [7, 11) is 1.97. The molecule has 0 aliphatic rings. The molecule has 0 N–H and O–H groups in total. The smallest absolute Gasteiger partial charge is 0.198 e. The van der Waals surface area contributed by atoms with Crippen LogP contribution in [-0.2, 0) is 7.05 Å². The molecule has 0 unspecified atom stereocenters. The lowest BCUT2D eigenvalue weighted by Gasteiger charge is -1.94. The first-order valence-corrected chi connectivity index (χ1v) is 6.11. The highest BCUT2D eigenvalue weighted by Crippen LogP contribution is 2.36. The topological polar surface area (TPSA) is 54.8 Å². The fourth-order valence-corrected chi connectivity index (χ4v) is 2.49. The van der Waals surface area contributed by atoms with Crippen LogP contribution in [0, 0.1) is 11.3 Å². The first-order chi connectivity index (χ1) is 8.72. The summed E-state index contributed by atoms with van der Waals surface area (Å²) in [5.41, 5.74) is 2.29. The molecule has 0 saturated carbocycles. The summed E-state index contributed by atoms with van der Waals surface area (Å²) >= 11 is 3.36. The predicted molar refractivity (Wildman–Crippen MR) is 70.8 cm³/mol. The van der Waals surface area contributed by atoms with Gasteiger partial charge in [0.1, 0.15) is 10.5 Å².